The fourth-order valence-electron chi connectivity index (χ4n) is 3.04. The Morgan fingerprint density at radius 1 is 0.969 bits per heavy atom. The molecule has 0 saturated heterocycles. The zero-order valence-electron chi connectivity index (χ0n) is 18.4. The Morgan fingerprint density at radius 2 is 1.75 bits per heavy atom. The van der Waals surface area contributed by atoms with Crippen molar-refractivity contribution in [2.75, 3.05) is 27.8 Å². The number of guanidine groups is 1. The summed E-state index contributed by atoms with van der Waals surface area (Å²) >= 11 is 0. The molecular formula is C24H27FN4O3. The molecule has 1 aromatic heterocycles. The molecule has 0 fully saturated rings. The Balaban J connectivity index is 1.49. The van der Waals surface area contributed by atoms with Gasteiger partial charge in [-0.15, -0.1) is 0 Å². The average molecular weight is 439 g/mol. The summed E-state index contributed by atoms with van der Waals surface area (Å²) < 4.78 is 30.5. The van der Waals surface area contributed by atoms with Crippen molar-refractivity contribution >= 4 is 5.96 Å². The third-order valence-electron chi connectivity index (χ3n) is 4.70. The number of hydrogen-bond donors (Lipinski definition) is 2. The van der Waals surface area contributed by atoms with Gasteiger partial charge in [0.15, 0.2) is 29.0 Å². The van der Waals surface area contributed by atoms with Crippen LogP contribution in [-0.4, -0.2) is 38.8 Å². The molecule has 0 amide bonds. The van der Waals surface area contributed by atoms with Crippen LogP contribution < -0.4 is 24.8 Å². The van der Waals surface area contributed by atoms with E-state index in [-0.39, 0.29) is 5.75 Å². The third kappa shape index (κ3) is 6.34. The van der Waals surface area contributed by atoms with Crippen LogP contribution >= 0.6 is 0 Å². The summed E-state index contributed by atoms with van der Waals surface area (Å²) in [7, 11) is 4.92. The van der Waals surface area contributed by atoms with Crippen molar-refractivity contribution in [2.45, 2.75) is 13.0 Å². The number of aliphatic imine (C=N–C) groups is 1. The van der Waals surface area contributed by atoms with Crippen LogP contribution in [0.4, 0.5) is 4.39 Å². The Labute approximate surface area is 187 Å². The predicted molar refractivity (Wildman–Crippen MR) is 122 cm³/mol. The van der Waals surface area contributed by atoms with Crippen LogP contribution in [-0.2, 0) is 13.0 Å². The second kappa shape index (κ2) is 11.5. The molecule has 2 N–H and O–H groups in total. The van der Waals surface area contributed by atoms with E-state index in [2.05, 4.69) is 20.6 Å². The molecule has 2 aromatic carbocycles. The van der Waals surface area contributed by atoms with Crippen LogP contribution in [0.1, 0.15) is 11.1 Å². The number of nitrogens with one attached hydrogen (secondary N) is 2. The van der Waals surface area contributed by atoms with Gasteiger partial charge in [-0.25, -0.2) is 4.39 Å². The highest BCUT2D eigenvalue weighted by Crippen LogP contribution is 2.27. The van der Waals surface area contributed by atoms with E-state index < -0.39 is 5.82 Å². The van der Waals surface area contributed by atoms with Gasteiger partial charge >= 0.3 is 0 Å². The van der Waals surface area contributed by atoms with Gasteiger partial charge in [-0.2, -0.15) is 0 Å². The molecule has 168 valence electrons. The van der Waals surface area contributed by atoms with Gasteiger partial charge in [0.2, 0.25) is 0 Å². The molecular weight excluding hydrogens is 411 g/mol. The van der Waals surface area contributed by atoms with E-state index in [4.69, 9.17) is 14.2 Å². The van der Waals surface area contributed by atoms with Gasteiger partial charge in [-0.3, -0.25) is 9.98 Å². The molecule has 32 heavy (non-hydrogen) atoms. The summed E-state index contributed by atoms with van der Waals surface area (Å²) in [5.41, 5.74) is 1.88. The largest absolute Gasteiger partial charge is 0.493 e. The molecule has 1 heterocycles. The summed E-state index contributed by atoms with van der Waals surface area (Å²) in [5, 5.41) is 6.44. The SMILES string of the molecule is CN=C(NCCc1ccc(OC)c(OC)c1)NCc1ccc(Oc2cccnc2)c(F)c1. The van der Waals surface area contributed by atoms with E-state index in [0.717, 1.165) is 17.5 Å². The fraction of sp³-hybridized carbons (Fsp3) is 0.250. The highest BCUT2D eigenvalue weighted by molar-refractivity contribution is 5.79. The maximum absolute atomic E-state index is 14.4. The van der Waals surface area contributed by atoms with Crippen molar-refractivity contribution in [3.8, 4) is 23.0 Å². The molecule has 0 aliphatic rings. The minimum Gasteiger partial charge on any atom is -0.493 e. The number of aromatic nitrogens is 1. The molecule has 0 saturated carbocycles. The number of methoxy groups -OCH3 is 2. The van der Waals surface area contributed by atoms with E-state index in [1.165, 1.54) is 12.3 Å². The maximum Gasteiger partial charge on any atom is 0.191 e. The minimum absolute atomic E-state index is 0.152. The van der Waals surface area contributed by atoms with Crippen LogP contribution in [0.15, 0.2) is 65.9 Å². The Hall–Kier alpha value is -3.81. The molecule has 0 aliphatic carbocycles. The van der Waals surface area contributed by atoms with Crippen molar-refractivity contribution in [1.82, 2.24) is 15.6 Å². The molecule has 3 rings (SSSR count). The van der Waals surface area contributed by atoms with Crippen molar-refractivity contribution in [1.29, 1.82) is 0 Å². The van der Waals surface area contributed by atoms with Gasteiger partial charge in [0.25, 0.3) is 0 Å². The first-order chi connectivity index (χ1) is 15.6. The smallest absolute Gasteiger partial charge is 0.191 e. The van der Waals surface area contributed by atoms with Gasteiger partial charge in [0.1, 0.15) is 5.75 Å². The van der Waals surface area contributed by atoms with E-state index in [1.54, 1.807) is 51.7 Å². The van der Waals surface area contributed by atoms with Crippen LogP contribution in [0, 0.1) is 5.82 Å². The summed E-state index contributed by atoms with van der Waals surface area (Å²) in [5.74, 6) is 2.22. The van der Waals surface area contributed by atoms with Gasteiger partial charge in [-0.1, -0.05) is 12.1 Å². The first-order valence-corrected chi connectivity index (χ1v) is 10.1. The zero-order valence-corrected chi connectivity index (χ0v) is 18.4. The van der Waals surface area contributed by atoms with E-state index in [0.29, 0.717) is 36.3 Å². The Bertz CT molecular complexity index is 1040. The lowest BCUT2D eigenvalue weighted by molar-refractivity contribution is 0.354. The average Bonchev–Trinajstić information content (AvgIpc) is 2.83. The number of halogens is 1. The van der Waals surface area contributed by atoms with E-state index in [1.807, 2.05) is 18.2 Å². The second-order valence-electron chi connectivity index (χ2n) is 6.85. The summed E-state index contributed by atoms with van der Waals surface area (Å²) in [4.78, 5) is 8.17. The van der Waals surface area contributed by atoms with Crippen molar-refractivity contribution in [3.63, 3.8) is 0 Å². The highest BCUT2D eigenvalue weighted by atomic mass is 19.1. The van der Waals surface area contributed by atoms with Gasteiger partial charge in [0.05, 0.1) is 20.4 Å². The lowest BCUT2D eigenvalue weighted by Gasteiger charge is -2.13. The molecule has 8 heteroatoms. The van der Waals surface area contributed by atoms with Crippen molar-refractivity contribution < 1.29 is 18.6 Å². The van der Waals surface area contributed by atoms with Gasteiger partial charge < -0.3 is 24.8 Å². The monoisotopic (exact) mass is 438 g/mol. The zero-order chi connectivity index (χ0) is 22.8. The third-order valence-corrected chi connectivity index (χ3v) is 4.70. The lowest BCUT2D eigenvalue weighted by Crippen LogP contribution is -2.37. The molecule has 0 bridgehead atoms. The van der Waals surface area contributed by atoms with Gasteiger partial charge in [0, 0.05) is 26.3 Å². The number of pyridine rings is 1. The predicted octanol–water partition coefficient (Wildman–Crippen LogP) is 3.94. The molecule has 3 aromatic rings. The van der Waals surface area contributed by atoms with Crippen molar-refractivity contribution in [2.24, 2.45) is 4.99 Å². The minimum atomic E-state index is -0.440. The quantitative estimate of drug-likeness (QED) is 0.389. The van der Waals surface area contributed by atoms with E-state index in [9.17, 15) is 4.39 Å². The van der Waals surface area contributed by atoms with Crippen LogP contribution in [0.3, 0.4) is 0 Å². The maximum atomic E-state index is 14.4. The number of nitrogens with zero attached hydrogens (tertiary/aromatic N) is 2. The van der Waals surface area contributed by atoms with Crippen LogP contribution in [0.25, 0.3) is 0 Å². The molecule has 0 radical (unpaired) electrons. The van der Waals surface area contributed by atoms with Crippen LogP contribution in [0.2, 0.25) is 0 Å². The molecule has 0 spiro atoms. The summed E-state index contributed by atoms with van der Waals surface area (Å²) in [6.45, 7) is 1.08. The fourth-order valence-corrected chi connectivity index (χ4v) is 3.04. The molecule has 0 aliphatic heterocycles. The van der Waals surface area contributed by atoms with Gasteiger partial charge in [-0.05, 0) is 53.9 Å². The van der Waals surface area contributed by atoms with Crippen molar-refractivity contribution in [3.05, 3.63) is 77.9 Å². The number of benzene rings is 2. The highest BCUT2D eigenvalue weighted by Gasteiger charge is 2.08. The number of rotatable bonds is 9. The topological polar surface area (TPSA) is 77.0 Å². The Morgan fingerprint density at radius 3 is 2.44 bits per heavy atom. The molecule has 0 unspecified atom stereocenters. The first kappa shape index (κ1) is 22.9. The number of hydrogen-bond acceptors (Lipinski definition) is 5. The number of ether oxygens (including phenoxy) is 3. The summed E-state index contributed by atoms with van der Waals surface area (Å²) in [6.07, 6.45) is 3.94. The molecule has 7 nitrogen and oxygen atoms in total. The van der Waals surface area contributed by atoms with Crippen LogP contribution in [0.5, 0.6) is 23.0 Å². The summed E-state index contributed by atoms with van der Waals surface area (Å²) in [6, 6.07) is 14.1. The lowest BCUT2D eigenvalue weighted by atomic mass is 10.1. The second-order valence-corrected chi connectivity index (χ2v) is 6.85. The molecule has 0 atom stereocenters. The Kier molecular flexibility index (Phi) is 8.25. The first-order valence-electron chi connectivity index (χ1n) is 10.1. The standard InChI is InChI=1S/C24H27FN4O3/c1-26-24(28-12-10-17-6-9-22(30-2)23(14-17)31-3)29-15-18-7-8-21(20(25)13-18)32-19-5-4-11-27-16-19/h4-9,11,13-14,16H,10,12,15H2,1-3H3,(H2,26,28,29). The van der Waals surface area contributed by atoms with E-state index >= 15 is 0 Å². The normalized spacial score (nSPS) is 11.1.